The van der Waals surface area contributed by atoms with E-state index in [4.69, 9.17) is 0 Å². The number of aryl methyl sites for hydroxylation is 1. The fourth-order valence-electron chi connectivity index (χ4n) is 3.76. The Morgan fingerprint density at radius 1 is 0.742 bits per heavy atom. The summed E-state index contributed by atoms with van der Waals surface area (Å²) in [4.78, 5) is 2.72. The summed E-state index contributed by atoms with van der Waals surface area (Å²) in [6.07, 6.45) is 7.31. The summed E-state index contributed by atoms with van der Waals surface area (Å²) < 4.78 is 0.511. The van der Waals surface area contributed by atoms with Crippen LogP contribution in [0.4, 0.5) is 0 Å². The molecule has 162 valence electrons. The van der Waals surface area contributed by atoms with Gasteiger partial charge in [-0.05, 0) is 74.8 Å². The smallest absolute Gasteiger partial charge is 0.0599 e. The van der Waals surface area contributed by atoms with Crippen LogP contribution in [-0.4, -0.2) is 4.58 Å². The third-order valence-electron chi connectivity index (χ3n) is 5.45. The Morgan fingerprint density at radius 3 is 1.77 bits per heavy atom. The van der Waals surface area contributed by atoms with Gasteiger partial charge in [0.15, 0.2) is 0 Å². The number of hydrogen-bond donors (Lipinski definition) is 0. The molecule has 31 heavy (non-hydrogen) atoms. The van der Waals surface area contributed by atoms with E-state index in [2.05, 4.69) is 104 Å². The molecule has 0 aliphatic carbocycles. The van der Waals surface area contributed by atoms with E-state index in [1.807, 2.05) is 23.5 Å². The van der Waals surface area contributed by atoms with E-state index in [-0.39, 0.29) is 0 Å². The summed E-state index contributed by atoms with van der Waals surface area (Å²) in [6, 6.07) is 32.6. The van der Waals surface area contributed by atoms with Crippen LogP contribution in [0.3, 0.4) is 0 Å². The van der Waals surface area contributed by atoms with E-state index < -0.39 is 0 Å². The lowest BCUT2D eigenvalue weighted by Gasteiger charge is -2.24. The van der Waals surface area contributed by atoms with E-state index in [0.29, 0.717) is 4.58 Å². The molecule has 0 amide bonds. The van der Waals surface area contributed by atoms with Gasteiger partial charge in [-0.1, -0.05) is 78.7 Å². The second-order valence-electron chi connectivity index (χ2n) is 8.27. The first-order chi connectivity index (χ1) is 15.2. The van der Waals surface area contributed by atoms with Gasteiger partial charge in [0.05, 0.1) is 4.58 Å². The normalized spacial score (nSPS) is 12.1. The Bertz CT molecular complexity index is 833. The molecular weight excluding hydrogens is 412 g/mol. The highest BCUT2D eigenvalue weighted by atomic mass is 32.2. The molecule has 0 saturated carbocycles. The first kappa shape index (κ1) is 23.8. The largest absolute Gasteiger partial charge is 0.111 e. The highest BCUT2D eigenvalue weighted by molar-refractivity contribution is 8.17. The topological polar surface area (TPSA) is 0 Å². The molecule has 0 N–H and O–H groups in total. The first-order valence-electron chi connectivity index (χ1n) is 11.3. The first-order valence-corrected chi connectivity index (χ1v) is 13.1. The summed E-state index contributed by atoms with van der Waals surface area (Å²) >= 11 is 4.03. The summed E-state index contributed by atoms with van der Waals surface area (Å²) in [5.74, 6) is 0.720. The molecule has 0 spiro atoms. The zero-order valence-corrected chi connectivity index (χ0v) is 20.2. The van der Waals surface area contributed by atoms with E-state index in [0.717, 1.165) is 12.3 Å². The third-order valence-corrected chi connectivity index (χ3v) is 8.02. The molecule has 0 saturated heterocycles. The number of benzene rings is 3. The van der Waals surface area contributed by atoms with Gasteiger partial charge in [0, 0.05) is 9.79 Å². The van der Waals surface area contributed by atoms with Crippen molar-refractivity contribution in [3.05, 3.63) is 109 Å². The standard InChI is InChI=1S/C29H34S2/c1-24(2)21-22-26(16-12-15-25-13-6-3-7-14-25)23-29(30-27-17-8-4-9-18-27)31-28-19-10-5-11-20-28/h3-11,13-14,17-20,26,29H,1,12,15-16,21-23H2,2H3. The Hall–Kier alpha value is -1.90. The Morgan fingerprint density at radius 2 is 1.26 bits per heavy atom. The zero-order valence-electron chi connectivity index (χ0n) is 18.6. The van der Waals surface area contributed by atoms with Gasteiger partial charge in [-0.15, -0.1) is 30.1 Å². The minimum atomic E-state index is 0.511. The van der Waals surface area contributed by atoms with Crippen molar-refractivity contribution in [1.29, 1.82) is 0 Å². The molecule has 0 aliphatic heterocycles. The number of thioether (sulfide) groups is 2. The fraction of sp³-hybridized carbons (Fsp3) is 0.310. The summed E-state index contributed by atoms with van der Waals surface area (Å²) in [7, 11) is 0. The molecule has 0 aliphatic rings. The van der Waals surface area contributed by atoms with Crippen molar-refractivity contribution in [2.24, 2.45) is 5.92 Å². The molecule has 0 radical (unpaired) electrons. The van der Waals surface area contributed by atoms with Crippen LogP contribution >= 0.6 is 23.5 Å². The predicted molar refractivity (Wildman–Crippen MR) is 140 cm³/mol. The number of hydrogen-bond acceptors (Lipinski definition) is 2. The summed E-state index contributed by atoms with van der Waals surface area (Å²) in [5, 5.41) is 0. The monoisotopic (exact) mass is 446 g/mol. The SMILES string of the molecule is C=C(C)CCC(CCCc1ccccc1)CC(Sc1ccccc1)Sc1ccccc1. The molecule has 0 aromatic heterocycles. The van der Waals surface area contributed by atoms with Gasteiger partial charge in [-0.3, -0.25) is 0 Å². The van der Waals surface area contributed by atoms with Gasteiger partial charge in [0.2, 0.25) is 0 Å². The van der Waals surface area contributed by atoms with Gasteiger partial charge in [0.1, 0.15) is 0 Å². The maximum Gasteiger partial charge on any atom is 0.0599 e. The Balaban J connectivity index is 1.66. The summed E-state index contributed by atoms with van der Waals surface area (Å²) in [5.41, 5.74) is 2.76. The predicted octanol–water partition coefficient (Wildman–Crippen LogP) is 9.28. The lowest BCUT2D eigenvalue weighted by Crippen LogP contribution is -2.10. The van der Waals surface area contributed by atoms with Crippen molar-refractivity contribution in [2.45, 2.75) is 59.8 Å². The summed E-state index contributed by atoms with van der Waals surface area (Å²) in [6.45, 7) is 6.32. The van der Waals surface area contributed by atoms with Gasteiger partial charge in [-0.25, -0.2) is 0 Å². The molecule has 2 heteroatoms. The van der Waals surface area contributed by atoms with E-state index in [1.54, 1.807) is 0 Å². The van der Waals surface area contributed by atoms with Crippen LogP contribution in [0.25, 0.3) is 0 Å². The van der Waals surface area contributed by atoms with Gasteiger partial charge < -0.3 is 0 Å². The Labute approximate surface area is 197 Å². The fourth-order valence-corrected chi connectivity index (χ4v) is 6.60. The average molecular weight is 447 g/mol. The zero-order chi connectivity index (χ0) is 21.7. The molecule has 0 fully saturated rings. The third kappa shape index (κ3) is 9.41. The van der Waals surface area contributed by atoms with Crippen molar-refractivity contribution in [3.8, 4) is 0 Å². The molecule has 3 rings (SSSR count). The minimum absolute atomic E-state index is 0.511. The quantitative estimate of drug-likeness (QED) is 0.146. The minimum Gasteiger partial charge on any atom is -0.111 e. The highest BCUT2D eigenvalue weighted by Crippen LogP contribution is 2.40. The number of allylic oxidation sites excluding steroid dienone is 1. The lowest BCUT2D eigenvalue weighted by molar-refractivity contribution is 0.421. The molecule has 1 unspecified atom stereocenters. The molecule has 0 bridgehead atoms. The van der Waals surface area contributed by atoms with Crippen LogP contribution in [0, 0.1) is 5.92 Å². The molecular formula is C29H34S2. The second-order valence-corrected chi connectivity index (χ2v) is 11.1. The molecule has 0 nitrogen and oxygen atoms in total. The maximum absolute atomic E-state index is 4.16. The van der Waals surface area contributed by atoms with Crippen molar-refractivity contribution >= 4 is 23.5 Å². The van der Waals surface area contributed by atoms with Crippen LogP contribution in [0.5, 0.6) is 0 Å². The lowest BCUT2D eigenvalue weighted by atomic mass is 9.92. The van der Waals surface area contributed by atoms with Gasteiger partial charge in [-0.2, -0.15) is 0 Å². The van der Waals surface area contributed by atoms with Crippen LogP contribution in [-0.2, 0) is 6.42 Å². The average Bonchev–Trinajstić information content (AvgIpc) is 2.79. The van der Waals surface area contributed by atoms with Crippen molar-refractivity contribution < 1.29 is 0 Å². The number of rotatable bonds is 13. The van der Waals surface area contributed by atoms with E-state index in [9.17, 15) is 0 Å². The van der Waals surface area contributed by atoms with Crippen molar-refractivity contribution in [3.63, 3.8) is 0 Å². The van der Waals surface area contributed by atoms with Crippen molar-refractivity contribution in [2.75, 3.05) is 0 Å². The molecule has 3 aromatic carbocycles. The Kier molecular flexibility index (Phi) is 10.3. The molecule has 0 heterocycles. The van der Waals surface area contributed by atoms with Gasteiger partial charge in [0.25, 0.3) is 0 Å². The van der Waals surface area contributed by atoms with Crippen LogP contribution in [0.2, 0.25) is 0 Å². The van der Waals surface area contributed by atoms with E-state index >= 15 is 0 Å². The van der Waals surface area contributed by atoms with Crippen LogP contribution in [0.15, 0.2) is 113 Å². The van der Waals surface area contributed by atoms with E-state index in [1.165, 1.54) is 53.0 Å². The second kappa shape index (κ2) is 13.5. The molecule has 1 atom stereocenters. The maximum atomic E-state index is 4.16. The molecule has 3 aromatic rings. The van der Waals surface area contributed by atoms with Crippen molar-refractivity contribution in [1.82, 2.24) is 0 Å². The van der Waals surface area contributed by atoms with Crippen LogP contribution in [0.1, 0.15) is 44.6 Å². The van der Waals surface area contributed by atoms with Gasteiger partial charge >= 0.3 is 0 Å². The van der Waals surface area contributed by atoms with Crippen LogP contribution < -0.4 is 0 Å². The highest BCUT2D eigenvalue weighted by Gasteiger charge is 2.19.